The zero-order valence-electron chi connectivity index (χ0n) is 12.4. The third kappa shape index (κ3) is 3.80. The van der Waals surface area contributed by atoms with Gasteiger partial charge >= 0.3 is 0 Å². The molecule has 112 valence electrons. The molecular weight excluding hydrogens is 286 g/mol. The first-order chi connectivity index (χ1) is 10.1. The highest BCUT2D eigenvalue weighted by molar-refractivity contribution is 6.32. The lowest BCUT2D eigenvalue weighted by Crippen LogP contribution is -2.15. The second-order valence-electron chi connectivity index (χ2n) is 5.70. The summed E-state index contributed by atoms with van der Waals surface area (Å²) < 4.78 is 11.6. The monoisotopic (exact) mass is 305 g/mol. The van der Waals surface area contributed by atoms with E-state index in [-0.39, 0.29) is 0 Å². The SMILES string of the molecule is Cc1ccc(OCc2cc(C)c(CNC3CC3)o2)c(Cl)c1. The van der Waals surface area contributed by atoms with Crippen LogP contribution < -0.4 is 10.1 Å². The molecule has 1 saturated carbocycles. The second kappa shape index (κ2) is 6.12. The summed E-state index contributed by atoms with van der Waals surface area (Å²) in [6.07, 6.45) is 2.56. The van der Waals surface area contributed by atoms with Crippen LogP contribution in [-0.4, -0.2) is 6.04 Å². The molecule has 0 radical (unpaired) electrons. The van der Waals surface area contributed by atoms with E-state index < -0.39 is 0 Å². The number of hydrogen-bond acceptors (Lipinski definition) is 3. The quantitative estimate of drug-likeness (QED) is 0.860. The molecule has 2 aromatic rings. The van der Waals surface area contributed by atoms with E-state index in [0.717, 1.165) is 29.2 Å². The third-order valence-corrected chi connectivity index (χ3v) is 3.95. The number of halogens is 1. The Kier molecular flexibility index (Phi) is 4.22. The normalized spacial score (nSPS) is 14.4. The fraction of sp³-hybridized carbons (Fsp3) is 0.412. The minimum atomic E-state index is 0.396. The average Bonchev–Trinajstić information content (AvgIpc) is 3.20. The molecule has 1 heterocycles. The number of hydrogen-bond donors (Lipinski definition) is 1. The van der Waals surface area contributed by atoms with Crippen LogP contribution in [0.15, 0.2) is 28.7 Å². The van der Waals surface area contributed by atoms with Crippen LogP contribution in [0, 0.1) is 13.8 Å². The molecule has 0 unspecified atom stereocenters. The molecule has 3 rings (SSSR count). The van der Waals surface area contributed by atoms with Crippen molar-refractivity contribution in [3.63, 3.8) is 0 Å². The minimum absolute atomic E-state index is 0.396. The van der Waals surface area contributed by atoms with Gasteiger partial charge in [0, 0.05) is 6.04 Å². The first-order valence-electron chi connectivity index (χ1n) is 7.32. The van der Waals surface area contributed by atoms with Gasteiger partial charge in [0.1, 0.15) is 23.9 Å². The van der Waals surface area contributed by atoms with Crippen LogP contribution in [0.3, 0.4) is 0 Å². The van der Waals surface area contributed by atoms with Crippen molar-refractivity contribution in [1.29, 1.82) is 0 Å². The number of ether oxygens (including phenoxy) is 1. The molecule has 1 aromatic heterocycles. The van der Waals surface area contributed by atoms with E-state index in [2.05, 4.69) is 12.2 Å². The Morgan fingerprint density at radius 3 is 2.81 bits per heavy atom. The van der Waals surface area contributed by atoms with Gasteiger partial charge in [0.2, 0.25) is 0 Å². The number of nitrogens with one attached hydrogen (secondary N) is 1. The molecule has 0 saturated heterocycles. The Bertz CT molecular complexity index is 632. The fourth-order valence-corrected chi connectivity index (χ4v) is 2.52. The highest BCUT2D eigenvalue weighted by Crippen LogP contribution is 2.27. The number of furan rings is 1. The molecule has 3 nitrogen and oxygen atoms in total. The molecule has 0 aliphatic heterocycles. The van der Waals surface area contributed by atoms with Crippen molar-refractivity contribution < 1.29 is 9.15 Å². The summed E-state index contributed by atoms with van der Waals surface area (Å²) in [5.74, 6) is 2.52. The molecule has 1 fully saturated rings. The maximum absolute atomic E-state index is 6.16. The summed E-state index contributed by atoms with van der Waals surface area (Å²) in [5.41, 5.74) is 2.28. The Labute approximate surface area is 130 Å². The summed E-state index contributed by atoms with van der Waals surface area (Å²) in [7, 11) is 0. The zero-order chi connectivity index (χ0) is 14.8. The van der Waals surface area contributed by atoms with Crippen molar-refractivity contribution in [3.8, 4) is 5.75 Å². The Balaban J connectivity index is 1.60. The van der Waals surface area contributed by atoms with Crippen LogP contribution in [-0.2, 0) is 13.2 Å². The molecule has 0 amide bonds. The van der Waals surface area contributed by atoms with E-state index in [9.17, 15) is 0 Å². The summed E-state index contributed by atoms with van der Waals surface area (Å²) in [6.45, 7) is 5.26. The van der Waals surface area contributed by atoms with Gasteiger partial charge in [0.25, 0.3) is 0 Å². The maximum atomic E-state index is 6.16. The van der Waals surface area contributed by atoms with Gasteiger partial charge in [-0.3, -0.25) is 0 Å². The standard InChI is InChI=1S/C17H20ClNO2/c1-11-3-6-16(15(18)7-11)20-10-14-8-12(2)17(21-14)9-19-13-4-5-13/h3,6-8,13,19H,4-5,9-10H2,1-2H3. The number of rotatable bonds is 6. The smallest absolute Gasteiger partial charge is 0.146 e. The predicted octanol–water partition coefficient (Wildman–Crippen LogP) is 4.38. The van der Waals surface area contributed by atoms with Gasteiger partial charge in [-0.15, -0.1) is 0 Å². The van der Waals surface area contributed by atoms with E-state index in [1.165, 1.54) is 12.8 Å². The van der Waals surface area contributed by atoms with E-state index in [1.54, 1.807) is 0 Å². The van der Waals surface area contributed by atoms with Gasteiger partial charge in [-0.2, -0.15) is 0 Å². The summed E-state index contributed by atoms with van der Waals surface area (Å²) in [6, 6.07) is 8.49. The van der Waals surface area contributed by atoms with Crippen LogP contribution in [0.2, 0.25) is 5.02 Å². The first kappa shape index (κ1) is 14.5. The molecule has 1 N–H and O–H groups in total. The highest BCUT2D eigenvalue weighted by atomic mass is 35.5. The van der Waals surface area contributed by atoms with Crippen molar-refractivity contribution in [2.24, 2.45) is 0 Å². The van der Waals surface area contributed by atoms with Gasteiger partial charge in [0.15, 0.2) is 0 Å². The summed E-state index contributed by atoms with van der Waals surface area (Å²) >= 11 is 6.16. The van der Waals surface area contributed by atoms with Crippen LogP contribution >= 0.6 is 11.6 Å². The topological polar surface area (TPSA) is 34.4 Å². The van der Waals surface area contributed by atoms with E-state index in [4.69, 9.17) is 20.8 Å². The highest BCUT2D eigenvalue weighted by Gasteiger charge is 2.21. The average molecular weight is 306 g/mol. The lowest BCUT2D eigenvalue weighted by Gasteiger charge is -2.07. The molecular formula is C17H20ClNO2. The molecule has 0 atom stereocenters. The Hall–Kier alpha value is -1.45. The Morgan fingerprint density at radius 2 is 2.10 bits per heavy atom. The van der Waals surface area contributed by atoms with Crippen LogP contribution in [0.1, 0.15) is 35.5 Å². The predicted molar refractivity (Wildman–Crippen MR) is 83.8 cm³/mol. The lowest BCUT2D eigenvalue weighted by molar-refractivity contribution is 0.265. The van der Waals surface area contributed by atoms with Gasteiger partial charge < -0.3 is 14.5 Å². The maximum Gasteiger partial charge on any atom is 0.146 e. The molecule has 1 aliphatic carbocycles. The van der Waals surface area contributed by atoms with Gasteiger partial charge in [-0.05, 0) is 56.0 Å². The second-order valence-corrected chi connectivity index (χ2v) is 6.10. The van der Waals surface area contributed by atoms with Crippen molar-refractivity contribution in [3.05, 3.63) is 51.9 Å². The summed E-state index contributed by atoms with van der Waals surface area (Å²) in [5, 5.41) is 4.09. The van der Waals surface area contributed by atoms with Crippen LogP contribution in [0.5, 0.6) is 5.75 Å². The molecule has 0 bridgehead atoms. The van der Waals surface area contributed by atoms with E-state index in [0.29, 0.717) is 23.4 Å². The van der Waals surface area contributed by atoms with Crippen molar-refractivity contribution >= 4 is 11.6 Å². The van der Waals surface area contributed by atoms with E-state index >= 15 is 0 Å². The molecule has 4 heteroatoms. The van der Waals surface area contributed by atoms with Gasteiger partial charge in [-0.25, -0.2) is 0 Å². The Morgan fingerprint density at radius 1 is 1.29 bits per heavy atom. The molecule has 1 aromatic carbocycles. The van der Waals surface area contributed by atoms with Crippen molar-refractivity contribution in [1.82, 2.24) is 5.32 Å². The van der Waals surface area contributed by atoms with Gasteiger partial charge in [-0.1, -0.05) is 17.7 Å². The molecule has 0 spiro atoms. The van der Waals surface area contributed by atoms with Crippen molar-refractivity contribution in [2.75, 3.05) is 0 Å². The fourth-order valence-electron chi connectivity index (χ4n) is 2.23. The van der Waals surface area contributed by atoms with Crippen molar-refractivity contribution in [2.45, 2.75) is 45.9 Å². The first-order valence-corrected chi connectivity index (χ1v) is 7.70. The zero-order valence-corrected chi connectivity index (χ0v) is 13.2. The largest absolute Gasteiger partial charge is 0.484 e. The number of benzene rings is 1. The minimum Gasteiger partial charge on any atom is -0.484 e. The third-order valence-electron chi connectivity index (χ3n) is 3.66. The molecule has 1 aliphatic rings. The van der Waals surface area contributed by atoms with Gasteiger partial charge in [0.05, 0.1) is 11.6 Å². The molecule has 21 heavy (non-hydrogen) atoms. The van der Waals surface area contributed by atoms with Crippen LogP contribution in [0.4, 0.5) is 0 Å². The number of aryl methyl sites for hydroxylation is 2. The van der Waals surface area contributed by atoms with E-state index in [1.807, 2.05) is 31.2 Å². The van der Waals surface area contributed by atoms with Crippen LogP contribution in [0.25, 0.3) is 0 Å². The summed E-state index contributed by atoms with van der Waals surface area (Å²) in [4.78, 5) is 0. The lowest BCUT2D eigenvalue weighted by atomic mass is 10.2.